The number of ketones is 1. The summed E-state index contributed by atoms with van der Waals surface area (Å²) in [6.45, 7) is 8.40. The van der Waals surface area contributed by atoms with Crippen LogP contribution in [0.15, 0.2) is 11.6 Å². The topological polar surface area (TPSA) is 34.1 Å². The van der Waals surface area contributed by atoms with Gasteiger partial charge in [-0.1, -0.05) is 32.8 Å². The summed E-state index contributed by atoms with van der Waals surface area (Å²) in [5.74, 6) is 0.196. The van der Waals surface area contributed by atoms with Crippen LogP contribution < -0.4 is 0 Å². The van der Waals surface area contributed by atoms with Gasteiger partial charge in [0.15, 0.2) is 0 Å². The smallest absolute Gasteiger partial charge is 0.142 e. The minimum Gasteiger partial charge on any atom is -0.300 e. The van der Waals surface area contributed by atoms with Crippen LogP contribution >= 0.6 is 0 Å². The van der Waals surface area contributed by atoms with Crippen LogP contribution in [-0.2, 0) is 9.59 Å². The Morgan fingerprint density at radius 1 is 1.18 bits per heavy atom. The zero-order chi connectivity index (χ0) is 13.1. The molecule has 1 fully saturated rings. The zero-order valence-electron chi connectivity index (χ0n) is 11.5. The van der Waals surface area contributed by atoms with Gasteiger partial charge in [-0.3, -0.25) is 4.79 Å². The molecule has 1 saturated carbocycles. The molecule has 2 nitrogen and oxygen atoms in total. The van der Waals surface area contributed by atoms with Crippen molar-refractivity contribution in [2.75, 3.05) is 0 Å². The highest BCUT2D eigenvalue weighted by atomic mass is 16.1. The van der Waals surface area contributed by atoms with Crippen LogP contribution in [-0.4, -0.2) is 12.1 Å². The van der Waals surface area contributed by atoms with E-state index in [1.165, 1.54) is 12.8 Å². The third-order valence-electron chi connectivity index (χ3n) is 4.70. The number of carbonyl (C=O) groups is 2. The first-order valence-electron chi connectivity index (χ1n) is 6.48. The lowest BCUT2D eigenvalue weighted by atomic mass is 9.64. The lowest BCUT2D eigenvalue weighted by Crippen LogP contribution is -2.32. The first-order valence-corrected chi connectivity index (χ1v) is 6.48. The first kappa shape index (κ1) is 14.1. The number of hydrogen-bond donors (Lipinski definition) is 0. The summed E-state index contributed by atoms with van der Waals surface area (Å²) < 4.78 is 0. The van der Waals surface area contributed by atoms with E-state index in [0.29, 0.717) is 6.42 Å². The van der Waals surface area contributed by atoms with E-state index in [1.807, 2.05) is 0 Å². The lowest BCUT2D eigenvalue weighted by molar-refractivity contribution is -0.117. The van der Waals surface area contributed by atoms with E-state index in [9.17, 15) is 9.59 Å². The second-order valence-corrected chi connectivity index (χ2v) is 6.10. The molecular formula is C15H24O2. The SMILES string of the molecule is CC(=O)CC/C(=C\C=O)[C@]1(C)CCCC1(C)C. The van der Waals surface area contributed by atoms with Crippen molar-refractivity contribution in [3.05, 3.63) is 11.6 Å². The molecule has 1 rings (SSSR count). The van der Waals surface area contributed by atoms with Crippen molar-refractivity contribution in [1.29, 1.82) is 0 Å². The van der Waals surface area contributed by atoms with Crippen molar-refractivity contribution in [1.82, 2.24) is 0 Å². The number of aldehydes is 1. The van der Waals surface area contributed by atoms with E-state index in [4.69, 9.17) is 0 Å². The van der Waals surface area contributed by atoms with Gasteiger partial charge in [-0.2, -0.15) is 0 Å². The molecule has 0 aromatic carbocycles. The second kappa shape index (κ2) is 5.16. The maximum Gasteiger partial charge on any atom is 0.142 e. The van der Waals surface area contributed by atoms with Crippen molar-refractivity contribution in [3.8, 4) is 0 Å². The highest BCUT2D eigenvalue weighted by Crippen LogP contribution is 2.57. The molecule has 0 aromatic heterocycles. The van der Waals surface area contributed by atoms with Crippen LogP contribution in [0.1, 0.15) is 59.8 Å². The van der Waals surface area contributed by atoms with Gasteiger partial charge in [-0.15, -0.1) is 0 Å². The summed E-state index contributed by atoms with van der Waals surface area (Å²) in [6, 6.07) is 0. The van der Waals surface area contributed by atoms with Crippen molar-refractivity contribution < 1.29 is 9.59 Å². The Kier molecular flexibility index (Phi) is 4.29. The van der Waals surface area contributed by atoms with Gasteiger partial charge in [0.05, 0.1) is 0 Å². The average Bonchev–Trinajstić information content (AvgIpc) is 2.49. The van der Waals surface area contributed by atoms with E-state index in [-0.39, 0.29) is 16.6 Å². The van der Waals surface area contributed by atoms with Crippen LogP contribution in [0.2, 0.25) is 0 Å². The van der Waals surface area contributed by atoms with Crippen molar-refractivity contribution in [2.45, 2.75) is 59.8 Å². The third-order valence-corrected chi connectivity index (χ3v) is 4.70. The number of Topliss-reactive ketones (excluding diaryl/α,β-unsaturated/α-hetero) is 1. The Labute approximate surface area is 104 Å². The molecule has 96 valence electrons. The summed E-state index contributed by atoms with van der Waals surface area (Å²) in [7, 11) is 0. The fourth-order valence-corrected chi connectivity index (χ4v) is 3.03. The summed E-state index contributed by atoms with van der Waals surface area (Å²) in [6.07, 6.45) is 7.36. The van der Waals surface area contributed by atoms with Crippen LogP contribution in [0.4, 0.5) is 0 Å². The van der Waals surface area contributed by atoms with Gasteiger partial charge >= 0.3 is 0 Å². The van der Waals surface area contributed by atoms with Gasteiger partial charge in [0.25, 0.3) is 0 Å². The summed E-state index contributed by atoms with van der Waals surface area (Å²) >= 11 is 0. The fourth-order valence-electron chi connectivity index (χ4n) is 3.03. The van der Waals surface area contributed by atoms with Gasteiger partial charge in [-0.05, 0) is 43.1 Å². The molecule has 0 radical (unpaired) electrons. The highest BCUT2D eigenvalue weighted by molar-refractivity contribution is 5.76. The second-order valence-electron chi connectivity index (χ2n) is 6.10. The van der Waals surface area contributed by atoms with E-state index < -0.39 is 0 Å². The molecule has 0 N–H and O–H groups in total. The van der Waals surface area contributed by atoms with Crippen molar-refractivity contribution >= 4 is 12.1 Å². The highest BCUT2D eigenvalue weighted by Gasteiger charge is 2.46. The lowest BCUT2D eigenvalue weighted by Gasteiger charge is -2.41. The maximum atomic E-state index is 11.1. The maximum absolute atomic E-state index is 11.1. The van der Waals surface area contributed by atoms with E-state index in [0.717, 1.165) is 24.7 Å². The Bertz CT molecular complexity index is 339. The molecule has 0 heterocycles. The van der Waals surface area contributed by atoms with E-state index >= 15 is 0 Å². The molecule has 0 spiro atoms. The van der Waals surface area contributed by atoms with Crippen LogP contribution in [0.5, 0.6) is 0 Å². The molecule has 2 heteroatoms. The Balaban J connectivity index is 2.94. The molecule has 1 atom stereocenters. The summed E-state index contributed by atoms with van der Waals surface area (Å²) in [4.78, 5) is 21.9. The Hall–Kier alpha value is -0.920. The quantitative estimate of drug-likeness (QED) is 0.539. The molecule has 1 aliphatic carbocycles. The average molecular weight is 236 g/mol. The molecule has 0 aliphatic heterocycles. The number of allylic oxidation sites excluding steroid dienone is 2. The molecule has 17 heavy (non-hydrogen) atoms. The predicted molar refractivity (Wildman–Crippen MR) is 69.8 cm³/mol. The van der Waals surface area contributed by atoms with Crippen LogP contribution in [0, 0.1) is 10.8 Å². The van der Waals surface area contributed by atoms with Gasteiger partial charge in [-0.25, -0.2) is 0 Å². The van der Waals surface area contributed by atoms with E-state index in [2.05, 4.69) is 20.8 Å². The Morgan fingerprint density at radius 2 is 1.82 bits per heavy atom. The van der Waals surface area contributed by atoms with Gasteiger partial charge in [0, 0.05) is 6.42 Å². The predicted octanol–water partition coefficient (Wildman–Crippen LogP) is 3.70. The van der Waals surface area contributed by atoms with Gasteiger partial charge < -0.3 is 4.79 Å². The molecule has 0 unspecified atom stereocenters. The zero-order valence-corrected chi connectivity index (χ0v) is 11.5. The molecule has 0 saturated heterocycles. The first-order chi connectivity index (χ1) is 7.83. The Morgan fingerprint density at radius 3 is 2.24 bits per heavy atom. The van der Waals surface area contributed by atoms with Crippen LogP contribution in [0.25, 0.3) is 0 Å². The third kappa shape index (κ3) is 2.85. The van der Waals surface area contributed by atoms with Crippen molar-refractivity contribution in [3.63, 3.8) is 0 Å². The standard InChI is InChI=1S/C15H24O2/c1-12(17)6-7-13(8-11-16)15(4)10-5-9-14(15,2)3/h8,11H,5-7,9-10H2,1-4H3/b13-8+/t15-/m0/s1. The number of hydrogen-bond acceptors (Lipinski definition) is 2. The normalized spacial score (nSPS) is 28.1. The fraction of sp³-hybridized carbons (Fsp3) is 0.733. The summed E-state index contributed by atoms with van der Waals surface area (Å²) in [5, 5.41) is 0. The summed E-state index contributed by atoms with van der Waals surface area (Å²) in [5.41, 5.74) is 1.45. The minimum absolute atomic E-state index is 0.0728. The molecule has 1 aliphatic rings. The minimum atomic E-state index is 0.0728. The van der Waals surface area contributed by atoms with E-state index in [1.54, 1.807) is 13.0 Å². The molecule has 0 aromatic rings. The molecular weight excluding hydrogens is 212 g/mol. The number of carbonyl (C=O) groups excluding carboxylic acids is 2. The molecule has 0 bridgehead atoms. The van der Waals surface area contributed by atoms with Crippen molar-refractivity contribution in [2.24, 2.45) is 10.8 Å². The largest absolute Gasteiger partial charge is 0.300 e. The molecule has 0 amide bonds. The monoisotopic (exact) mass is 236 g/mol. The van der Waals surface area contributed by atoms with Gasteiger partial charge in [0.1, 0.15) is 12.1 Å². The number of rotatable bonds is 5. The van der Waals surface area contributed by atoms with Crippen LogP contribution in [0.3, 0.4) is 0 Å². The van der Waals surface area contributed by atoms with Gasteiger partial charge in [0.2, 0.25) is 0 Å².